The second-order valence-electron chi connectivity index (χ2n) is 5.56. The summed E-state index contributed by atoms with van der Waals surface area (Å²) in [5.41, 5.74) is 1.32. The van der Waals surface area contributed by atoms with Crippen LogP contribution in [-0.4, -0.2) is 24.2 Å². The molecule has 18 heavy (non-hydrogen) atoms. The lowest BCUT2D eigenvalue weighted by atomic mass is 9.90. The van der Waals surface area contributed by atoms with Gasteiger partial charge in [-0.05, 0) is 57.2 Å². The SMILES string of the molecule is CNC1CCC(c2cncc(OC(C)C)c2)C1C. The first kappa shape index (κ1) is 13.3. The zero-order chi connectivity index (χ0) is 13.1. The Morgan fingerprint density at radius 1 is 1.33 bits per heavy atom. The molecular formula is C15H24N2O. The van der Waals surface area contributed by atoms with Gasteiger partial charge in [0.2, 0.25) is 0 Å². The van der Waals surface area contributed by atoms with Crippen molar-refractivity contribution >= 4 is 0 Å². The van der Waals surface area contributed by atoms with Crippen LogP contribution in [-0.2, 0) is 0 Å². The Balaban J connectivity index is 2.14. The number of hydrogen-bond donors (Lipinski definition) is 1. The summed E-state index contributed by atoms with van der Waals surface area (Å²) in [5, 5.41) is 3.41. The lowest BCUT2D eigenvalue weighted by molar-refractivity contribution is 0.241. The molecule has 1 aromatic heterocycles. The maximum atomic E-state index is 5.72. The fourth-order valence-corrected chi connectivity index (χ4v) is 3.02. The Bertz CT molecular complexity index is 392. The second kappa shape index (κ2) is 5.70. The number of pyridine rings is 1. The summed E-state index contributed by atoms with van der Waals surface area (Å²) in [4.78, 5) is 4.32. The molecular weight excluding hydrogens is 224 g/mol. The number of rotatable bonds is 4. The molecule has 0 saturated heterocycles. The van der Waals surface area contributed by atoms with Crippen LogP contribution in [0.25, 0.3) is 0 Å². The Labute approximate surface area is 110 Å². The van der Waals surface area contributed by atoms with Crippen LogP contribution in [0.15, 0.2) is 18.5 Å². The van der Waals surface area contributed by atoms with E-state index in [1.807, 2.05) is 20.0 Å². The summed E-state index contributed by atoms with van der Waals surface area (Å²) >= 11 is 0. The zero-order valence-corrected chi connectivity index (χ0v) is 11.8. The van der Waals surface area contributed by atoms with Crippen LogP contribution in [0, 0.1) is 5.92 Å². The van der Waals surface area contributed by atoms with Crippen molar-refractivity contribution in [2.45, 2.75) is 51.7 Å². The van der Waals surface area contributed by atoms with Crippen molar-refractivity contribution in [2.24, 2.45) is 5.92 Å². The summed E-state index contributed by atoms with van der Waals surface area (Å²) in [5.74, 6) is 2.15. The molecule has 0 aromatic carbocycles. The largest absolute Gasteiger partial charge is 0.489 e. The zero-order valence-electron chi connectivity index (χ0n) is 11.8. The van der Waals surface area contributed by atoms with Crippen molar-refractivity contribution in [3.63, 3.8) is 0 Å². The van der Waals surface area contributed by atoms with Gasteiger partial charge in [-0.2, -0.15) is 0 Å². The van der Waals surface area contributed by atoms with E-state index >= 15 is 0 Å². The lowest BCUT2D eigenvalue weighted by Crippen LogP contribution is -2.28. The molecule has 0 spiro atoms. The number of nitrogens with one attached hydrogen (secondary N) is 1. The molecule has 100 valence electrons. The van der Waals surface area contributed by atoms with E-state index in [4.69, 9.17) is 4.74 Å². The van der Waals surface area contributed by atoms with Gasteiger partial charge in [-0.3, -0.25) is 4.98 Å². The number of hydrogen-bond acceptors (Lipinski definition) is 3. The molecule has 1 heterocycles. The summed E-state index contributed by atoms with van der Waals surface area (Å²) in [7, 11) is 2.06. The van der Waals surface area contributed by atoms with Gasteiger partial charge >= 0.3 is 0 Å². The predicted octanol–water partition coefficient (Wildman–Crippen LogP) is 2.97. The van der Waals surface area contributed by atoms with Crippen molar-refractivity contribution < 1.29 is 4.74 Å². The molecule has 0 amide bonds. The van der Waals surface area contributed by atoms with Gasteiger partial charge in [-0.25, -0.2) is 0 Å². The third-order valence-electron chi connectivity index (χ3n) is 3.96. The molecule has 0 radical (unpaired) electrons. The molecule has 3 unspecified atom stereocenters. The molecule has 1 aliphatic rings. The summed E-state index contributed by atoms with van der Waals surface area (Å²) in [6.45, 7) is 6.42. The van der Waals surface area contributed by atoms with E-state index in [0.29, 0.717) is 17.9 Å². The molecule has 0 aliphatic heterocycles. The molecule has 3 heteroatoms. The molecule has 1 fully saturated rings. The fraction of sp³-hybridized carbons (Fsp3) is 0.667. The molecule has 1 saturated carbocycles. The third-order valence-corrected chi connectivity index (χ3v) is 3.96. The van der Waals surface area contributed by atoms with Gasteiger partial charge in [0.1, 0.15) is 5.75 Å². The Morgan fingerprint density at radius 3 is 2.72 bits per heavy atom. The number of ether oxygens (including phenoxy) is 1. The van der Waals surface area contributed by atoms with Crippen LogP contribution in [0.2, 0.25) is 0 Å². The predicted molar refractivity (Wildman–Crippen MR) is 74.0 cm³/mol. The minimum Gasteiger partial charge on any atom is -0.489 e. The van der Waals surface area contributed by atoms with Gasteiger partial charge in [0, 0.05) is 12.2 Å². The van der Waals surface area contributed by atoms with Gasteiger partial charge in [-0.1, -0.05) is 6.92 Å². The van der Waals surface area contributed by atoms with Crippen molar-refractivity contribution in [3.8, 4) is 5.75 Å². The molecule has 0 bridgehead atoms. The van der Waals surface area contributed by atoms with E-state index in [2.05, 4.69) is 30.3 Å². The smallest absolute Gasteiger partial charge is 0.138 e. The highest BCUT2D eigenvalue weighted by Gasteiger charge is 2.32. The first-order valence-electron chi connectivity index (χ1n) is 6.90. The van der Waals surface area contributed by atoms with E-state index in [0.717, 1.165) is 5.75 Å². The molecule has 1 aliphatic carbocycles. The topological polar surface area (TPSA) is 34.2 Å². The highest BCUT2D eigenvalue weighted by Crippen LogP contribution is 2.39. The number of nitrogens with zero attached hydrogens (tertiary/aromatic N) is 1. The Morgan fingerprint density at radius 2 is 2.11 bits per heavy atom. The average Bonchev–Trinajstić information content (AvgIpc) is 2.70. The maximum absolute atomic E-state index is 5.72. The van der Waals surface area contributed by atoms with E-state index < -0.39 is 0 Å². The monoisotopic (exact) mass is 248 g/mol. The average molecular weight is 248 g/mol. The minimum absolute atomic E-state index is 0.202. The van der Waals surface area contributed by atoms with Crippen molar-refractivity contribution in [3.05, 3.63) is 24.0 Å². The first-order chi connectivity index (χ1) is 8.61. The molecule has 1 N–H and O–H groups in total. The van der Waals surface area contributed by atoms with E-state index in [-0.39, 0.29) is 6.10 Å². The molecule has 1 aromatic rings. The highest BCUT2D eigenvalue weighted by molar-refractivity contribution is 5.28. The minimum atomic E-state index is 0.202. The Hall–Kier alpha value is -1.09. The maximum Gasteiger partial charge on any atom is 0.138 e. The van der Waals surface area contributed by atoms with Gasteiger partial charge in [-0.15, -0.1) is 0 Å². The number of aromatic nitrogens is 1. The van der Waals surface area contributed by atoms with Crippen molar-refractivity contribution in [1.82, 2.24) is 10.3 Å². The highest BCUT2D eigenvalue weighted by atomic mass is 16.5. The fourth-order valence-electron chi connectivity index (χ4n) is 3.02. The van der Waals surface area contributed by atoms with Crippen LogP contribution in [0.4, 0.5) is 0 Å². The third kappa shape index (κ3) is 2.83. The van der Waals surface area contributed by atoms with Crippen LogP contribution in [0.3, 0.4) is 0 Å². The molecule has 3 atom stereocenters. The normalized spacial score (nSPS) is 27.7. The van der Waals surface area contributed by atoms with Gasteiger partial charge in [0.15, 0.2) is 0 Å². The van der Waals surface area contributed by atoms with E-state index in [9.17, 15) is 0 Å². The standard InChI is InChI=1S/C15H24N2O/c1-10(2)18-13-7-12(8-17-9-13)14-5-6-15(16-4)11(14)3/h7-11,14-16H,5-6H2,1-4H3. The van der Waals surface area contributed by atoms with Crippen LogP contribution in [0.5, 0.6) is 5.75 Å². The van der Waals surface area contributed by atoms with Gasteiger partial charge in [0.05, 0.1) is 12.3 Å². The summed E-state index contributed by atoms with van der Waals surface area (Å²) in [6.07, 6.45) is 6.48. The summed E-state index contributed by atoms with van der Waals surface area (Å²) < 4.78 is 5.72. The molecule has 2 rings (SSSR count). The second-order valence-corrected chi connectivity index (χ2v) is 5.56. The van der Waals surface area contributed by atoms with E-state index in [1.54, 1.807) is 6.20 Å². The molecule has 3 nitrogen and oxygen atoms in total. The summed E-state index contributed by atoms with van der Waals surface area (Å²) in [6, 6.07) is 2.79. The quantitative estimate of drug-likeness (QED) is 0.889. The first-order valence-corrected chi connectivity index (χ1v) is 6.90. The van der Waals surface area contributed by atoms with Crippen LogP contribution < -0.4 is 10.1 Å². The van der Waals surface area contributed by atoms with Crippen molar-refractivity contribution in [1.29, 1.82) is 0 Å². The lowest BCUT2D eigenvalue weighted by Gasteiger charge is -2.21. The van der Waals surface area contributed by atoms with Crippen molar-refractivity contribution in [2.75, 3.05) is 7.05 Å². The van der Waals surface area contributed by atoms with Crippen LogP contribution >= 0.6 is 0 Å². The van der Waals surface area contributed by atoms with Gasteiger partial charge < -0.3 is 10.1 Å². The Kier molecular flexibility index (Phi) is 4.23. The van der Waals surface area contributed by atoms with E-state index in [1.165, 1.54) is 18.4 Å². The van der Waals surface area contributed by atoms with Crippen LogP contribution in [0.1, 0.15) is 45.1 Å². The van der Waals surface area contributed by atoms with Gasteiger partial charge in [0.25, 0.3) is 0 Å².